The van der Waals surface area contributed by atoms with Crippen LogP contribution in [0.25, 0.3) is 0 Å². The monoisotopic (exact) mass is 227 g/mol. The molecule has 1 atom stereocenters. The number of benzene rings is 1. The Labute approximate surface area is 89.6 Å². The molecule has 0 aliphatic heterocycles. The second-order valence-electron chi connectivity index (χ2n) is 3.09. The van der Waals surface area contributed by atoms with Crippen molar-refractivity contribution in [1.82, 2.24) is 0 Å². The van der Waals surface area contributed by atoms with Gasteiger partial charge < -0.3 is 10.8 Å². The topological polar surface area (TPSA) is 133 Å². The molecular weight excluding hydrogens is 218 g/mol. The molecule has 1 rings (SSSR count). The smallest absolute Gasteiger partial charge is 0.276 e. The number of non-ortho nitro benzene ring substituents is 2. The van der Waals surface area contributed by atoms with Crippen LogP contribution < -0.4 is 5.73 Å². The number of nitrogens with two attached hydrogens (primary N) is 1. The first-order valence-electron chi connectivity index (χ1n) is 4.26. The Morgan fingerprint density at radius 2 is 1.62 bits per heavy atom. The van der Waals surface area contributed by atoms with E-state index in [1.807, 2.05) is 0 Å². The third-order valence-corrected chi connectivity index (χ3v) is 1.97. The Morgan fingerprint density at radius 1 is 1.19 bits per heavy atom. The summed E-state index contributed by atoms with van der Waals surface area (Å²) >= 11 is 0. The Balaban J connectivity index is 3.29. The zero-order valence-electron chi connectivity index (χ0n) is 8.07. The van der Waals surface area contributed by atoms with Crippen LogP contribution >= 0.6 is 0 Å². The molecule has 0 aromatic heterocycles. The van der Waals surface area contributed by atoms with Gasteiger partial charge in [0, 0.05) is 12.1 Å². The van der Waals surface area contributed by atoms with Crippen LogP contribution in [0.1, 0.15) is 11.6 Å². The fraction of sp³-hybridized carbons (Fsp3) is 0.250. The van der Waals surface area contributed by atoms with Gasteiger partial charge in [-0.2, -0.15) is 0 Å². The summed E-state index contributed by atoms with van der Waals surface area (Å²) in [5.74, 6) is 0. The summed E-state index contributed by atoms with van der Waals surface area (Å²) in [7, 11) is 0. The molecule has 0 amide bonds. The van der Waals surface area contributed by atoms with E-state index in [1.54, 1.807) is 0 Å². The van der Waals surface area contributed by atoms with Crippen molar-refractivity contribution in [2.24, 2.45) is 5.73 Å². The van der Waals surface area contributed by atoms with E-state index < -0.39 is 33.9 Å². The van der Waals surface area contributed by atoms with Crippen molar-refractivity contribution in [2.45, 2.75) is 6.04 Å². The summed E-state index contributed by atoms with van der Waals surface area (Å²) in [6.07, 6.45) is 0. The van der Waals surface area contributed by atoms with Crippen molar-refractivity contribution in [1.29, 1.82) is 0 Å². The van der Waals surface area contributed by atoms with E-state index >= 15 is 0 Å². The van der Waals surface area contributed by atoms with Crippen LogP contribution in [-0.4, -0.2) is 21.6 Å². The molecule has 8 heteroatoms. The molecular formula is C8H9N3O5. The summed E-state index contributed by atoms with van der Waals surface area (Å²) < 4.78 is 0. The van der Waals surface area contributed by atoms with Gasteiger partial charge in [-0.3, -0.25) is 20.2 Å². The Morgan fingerprint density at radius 3 is 1.94 bits per heavy atom. The van der Waals surface area contributed by atoms with Gasteiger partial charge in [0.2, 0.25) is 0 Å². The maximum absolute atomic E-state index is 10.5. The van der Waals surface area contributed by atoms with E-state index in [-0.39, 0.29) is 5.56 Å². The van der Waals surface area contributed by atoms with E-state index in [4.69, 9.17) is 10.8 Å². The van der Waals surface area contributed by atoms with Gasteiger partial charge in [0.25, 0.3) is 11.4 Å². The van der Waals surface area contributed by atoms with E-state index in [0.29, 0.717) is 0 Å². The van der Waals surface area contributed by atoms with Crippen molar-refractivity contribution >= 4 is 11.4 Å². The molecule has 1 unspecified atom stereocenters. The quantitative estimate of drug-likeness (QED) is 0.568. The van der Waals surface area contributed by atoms with Crippen LogP contribution in [0.2, 0.25) is 0 Å². The summed E-state index contributed by atoms with van der Waals surface area (Å²) in [6, 6.07) is 2.17. The highest BCUT2D eigenvalue weighted by Crippen LogP contribution is 2.25. The maximum atomic E-state index is 10.5. The number of aliphatic hydroxyl groups excluding tert-OH is 1. The van der Waals surface area contributed by atoms with E-state index in [1.165, 1.54) is 0 Å². The highest BCUT2D eigenvalue weighted by molar-refractivity contribution is 5.47. The summed E-state index contributed by atoms with van der Waals surface area (Å²) in [5.41, 5.74) is 4.75. The van der Waals surface area contributed by atoms with Gasteiger partial charge in [-0.15, -0.1) is 0 Å². The van der Waals surface area contributed by atoms with Gasteiger partial charge >= 0.3 is 0 Å². The molecule has 0 fully saturated rings. The predicted octanol–water partition coefficient (Wildman–Crippen LogP) is 0.495. The van der Waals surface area contributed by atoms with Crippen molar-refractivity contribution in [3.8, 4) is 0 Å². The minimum absolute atomic E-state index is 0.156. The lowest BCUT2D eigenvalue weighted by Crippen LogP contribution is -2.14. The summed E-state index contributed by atoms with van der Waals surface area (Å²) in [4.78, 5) is 19.5. The average Bonchev–Trinajstić information content (AvgIpc) is 2.27. The molecule has 0 saturated carbocycles. The molecule has 8 nitrogen and oxygen atoms in total. The molecule has 3 N–H and O–H groups in total. The molecule has 0 aliphatic carbocycles. The normalized spacial score (nSPS) is 12.1. The maximum Gasteiger partial charge on any atom is 0.276 e. The fourth-order valence-electron chi connectivity index (χ4n) is 1.15. The molecule has 1 aromatic carbocycles. The average molecular weight is 227 g/mol. The molecule has 1 aromatic rings. The number of hydrogen-bond donors (Lipinski definition) is 2. The van der Waals surface area contributed by atoms with Crippen LogP contribution in [0, 0.1) is 20.2 Å². The SMILES string of the molecule is NC(CO)c1cc([N+](=O)[O-])cc([N+](=O)[O-])c1. The van der Waals surface area contributed by atoms with Gasteiger partial charge in [0.15, 0.2) is 0 Å². The lowest BCUT2D eigenvalue weighted by atomic mass is 10.1. The molecule has 0 saturated heterocycles. The molecule has 0 spiro atoms. The summed E-state index contributed by atoms with van der Waals surface area (Å²) in [6.45, 7) is -0.446. The van der Waals surface area contributed by atoms with Crippen LogP contribution in [0.4, 0.5) is 11.4 Å². The molecule has 0 heterocycles. The Hall–Kier alpha value is -2.06. The fourth-order valence-corrected chi connectivity index (χ4v) is 1.15. The molecule has 16 heavy (non-hydrogen) atoms. The van der Waals surface area contributed by atoms with Crippen molar-refractivity contribution < 1.29 is 15.0 Å². The predicted molar refractivity (Wildman–Crippen MR) is 53.8 cm³/mol. The van der Waals surface area contributed by atoms with Gasteiger partial charge in [-0.05, 0) is 5.56 Å². The van der Waals surface area contributed by atoms with E-state index in [9.17, 15) is 20.2 Å². The van der Waals surface area contributed by atoms with E-state index in [0.717, 1.165) is 18.2 Å². The molecule has 0 bridgehead atoms. The number of nitro groups is 2. The second-order valence-corrected chi connectivity index (χ2v) is 3.09. The molecule has 0 radical (unpaired) electrons. The number of nitro benzene ring substituents is 2. The lowest BCUT2D eigenvalue weighted by Gasteiger charge is -2.07. The molecule has 86 valence electrons. The first-order chi connectivity index (χ1) is 7.45. The minimum atomic E-state index is -0.876. The van der Waals surface area contributed by atoms with Crippen molar-refractivity contribution in [3.63, 3.8) is 0 Å². The molecule has 0 aliphatic rings. The van der Waals surface area contributed by atoms with Gasteiger partial charge in [-0.1, -0.05) is 0 Å². The van der Waals surface area contributed by atoms with Crippen LogP contribution in [-0.2, 0) is 0 Å². The van der Waals surface area contributed by atoms with Crippen LogP contribution in [0.15, 0.2) is 18.2 Å². The van der Waals surface area contributed by atoms with E-state index in [2.05, 4.69) is 0 Å². The first-order valence-corrected chi connectivity index (χ1v) is 4.26. The largest absolute Gasteiger partial charge is 0.394 e. The van der Waals surface area contributed by atoms with Gasteiger partial charge in [0.05, 0.1) is 28.6 Å². The highest BCUT2D eigenvalue weighted by atomic mass is 16.6. The number of rotatable bonds is 4. The highest BCUT2D eigenvalue weighted by Gasteiger charge is 2.18. The lowest BCUT2D eigenvalue weighted by molar-refractivity contribution is -0.394. The van der Waals surface area contributed by atoms with Gasteiger partial charge in [0.1, 0.15) is 0 Å². The van der Waals surface area contributed by atoms with Crippen LogP contribution in [0.5, 0.6) is 0 Å². The Bertz CT molecular complexity index is 401. The standard InChI is InChI=1S/C8H9N3O5/c9-8(4-12)5-1-6(10(13)14)3-7(2-5)11(15)16/h1-3,8,12H,4,9H2. The number of hydrogen-bond acceptors (Lipinski definition) is 6. The van der Waals surface area contributed by atoms with Gasteiger partial charge in [-0.25, -0.2) is 0 Å². The Kier molecular flexibility index (Phi) is 3.48. The number of nitrogens with zero attached hydrogens (tertiary/aromatic N) is 2. The first kappa shape index (κ1) is 12.0. The van der Waals surface area contributed by atoms with Crippen molar-refractivity contribution in [3.05, 3.63) is 44.0 Å². The third kappa shape index (κ3) is 2.49. The second kappa shape index (κ2) is 4.64. The third-order valence-electron chi connectivity index (χ3n) is 1.97. The van der Waals surface area contributed by atoms with Crippen molar-refractivity contribution in [2.75, 3.05) is 6.61 Å². The van der Waals surface area contributed by atoms with Crippen LogP contribution in [0.3, 0.4) is 0 Å². The zero-order valence-corrected chi connectivity index (χ0v) is 8.07. The summed E-state index contributed by atoms with van der Waals surface area (Å²) in [5, 5.41) is 29.8. The number of aliphatic hydroxyl groups is 1. The zero-order chi connectivity index (χ0) is 12.3. The minimum Gasteiger partial charge on any atom is -0.394 e.